The molecular weight excluding hydrogens is 240 g/mol. The van der Waals surface area contributed by atoms with E-state index in [1.165, 1.54) is 11.5 Å². The van der Waals surface area contributed by atoms with Crippen molar-refractivity contribution >= 4 is 23.3 Å². The number of rotatable bonds is 4. The quantitative estimate of drug-likeness (QED) is 0.844. The van der Waals surface area contributed by atoms with Crippen LogP contribution >= 0.6 is 23.3 Å². The first-order valence-corrected chi connectivity index (χ1v) is 6.52. The Labute approximate surface area is 102 Å². The fourth-order valence-corrected chi connectivity index (χ4v) is 3.00. The molecule has 0 fully saturated rings. The Balaban J connectivity index is 2.18. The van der Waals surface area contributed by atoms with Crippen LogP contribution in [0.5, 0.6) is 0 Å². The highest BCUT2D eigenvalue weighted by molar-refractivity contribution is 8.01. The maximum Gasteiger partial charge on any atom is 0.170 e. The molecule has 0 bridgehead atoms. The number of hydrogen-bond acceptors (Lipinski definition) is 6. The summed E-state index contributed by atoms with van der Waals surface area (Å²) in [4.78, 5) is 8.49. The van der Waals surface area contributed by atoms with Crippen LogP contribution in [0.1, 0.15) is 17.9 Å². The lowest BCUT2D eigenvalue weighted by Crippen LogP contribution is -2.23. The Bertz CT molecular complexity index is 416. The van der Waals surface area contributed by atoms with Crippen LogP contribution in [0.15, 0.2) is 35.1 Å². The van der Waals surface area contributed by atoms with E-state index in [-0.39, 0.29) is 11.3 Å². The van der Waals surface area contributed by atoms with Crippen LogP contribution in [0.25, 0.3) is 0 Å². The number of pyridine rings is 1. The average Bonchev–Trinajstić information content (AvgIpc) is 2.79. The van der Waals surface area contributed by atoms with Crippen LogP contribution in [0.3, 0.4) is 0 Å². The molecule has 0 spiro atoms. The molecule has 0 aliphatic rings. The summed E-state index contributed by atoms with van der Waals surface area (Å²) in [6, 6.07) is 5.88. The zero-order valence-corrected chi connectivity index (χ0v) is 10.4. The van der Waals surface area contributed by atoms with Crippen LogP contribution in [-0.4, -0.2) is 20.4 Å². The summed E-state index contributed by atoms with van der Waals surface area (Å²) in [5.74, 6) is 0. The molecule has 0 saturated heterocycles. The molecule has 2 unspecified atom stereocenters. The monoisotopic (exact) mass is 252 g/mol. The molecule has 84 valence electrons. The number of hydrogen-bond donors (Lipinski definition) is 1. The smallest absolute Gasteiger partial charge is 0.170 e. The normalized spacial score (nSPS) is 14.6. The summed E-state index contributed by atoms with van der Waals surface area (Å²) >= 11 is 3.00. The minimum absolute atomic E-state index is 0.0174. The van der Waals surface area contributed by atoms with E-state index in [0.29, 0.717) is 0 Å². The summed E-state index contributed by atoms with van der Waals surface area (Å²) in [5.41, 5.74) is 6.96. The van der Waals surface area contributed by atoms with Gasteiger partial charge in [-0.05, 0) is 30.6 Å². The van der Waals surface area contributed by atoms with Crippen LogP contribution < -0.4 is 5.73 Å². The van der Waals surface area contributed by atoms with E-state index in [1.54, 1.807) is 24.3 Å². The van der Waals surface area contributed by atoms with E-state index in [1.807, 2.05) is 25.1 Å². The highest BCUT2D eigenvalue weighted by atomic mass is 32.2. The fraction of sp³-hybridized carbons (Fsp3) is 0.300. The first-order chi connectivity index (χ1) is 7.77. The van der Waals surface area contributed by atoms with Crippen molar-refractivity contribution in [2.45, 2.75) is 22.6 Å². The van der Waals surface area contributed by atoms with Gasteiger partial charge in [0.1, 0.15) is 6.33 Å². The van der Waals surface area contributed by atoms with E-state index >= 15 is 0 Å². The van der Waals surface area contributed by atoms with Crippen LogP contribution in [-0.2, 0) is 0 Å². The van der Waals surface area contributed by atoms with Crippen molar-refractivity contribution in [2.75, 3.05) is 0 Å². The Morgan fingerprint density at radius 2 is 2.25 bits per heavy atom. The molecule has 2 aromatic rings. The summed E-state index contributed by atoms with van der Waals surface area (Å²) < 4.78 is 4.90. The van der Waals surface area contributed by atoms with Crippen LogP contribution in [0.2, 0.25) is 0 Å². The predicted octanol–water partition coefficient (Wildman–Crippen LogP) is 2.11. The van der Waals surface area contributed by atoms with Gasteiger partial charge in [0.15, 0.2) is 4.34 Å². The lowest BCUT2D eigenvalue weighted by Gasteiger charge is -2.17. The van der Waals surface area contributed by atoms with Gasteiger partial charge in [0, 0.05) is 12.2 Å². The second kappa shape index (κ2) is 5.38. The second-order valence-corrected chi connectivity index (χ2v) is 5.53. The third-order valence-corrected chi connectivity index (χ3v) is 4.23. The molecule has 2 aromatic heterocycles. The number of thioether (sulfide) groups is 1. The van der Waals surface area contributed by atoms with Gasteiger partial charge in [0.05, 0.1) is 10.9 Å². The second-order valence-electron chi connectivity index (χ2n) is 3.36. The first-order valence-electron chi connectivity index (χ1n) is 4.87. The van der Waals surface area contributed by atoms with Gasteiger partial charge in [-0.25, -0.2) is 4.98 Å². The molecular formula is C10H12N4S2. The largest absolute Gasteiger partial charge is 0.327 e. The molecule has 0 aliphatic carbocycles. The number of nitrogens with zero attached hydrogens (tertiary/aromatic N) is 3. The van der Waals surface area contributed by atoms with Crippen LogP contribution in [0.4, 0.5) is 0 Å². The molecule has 2 N–H and O–H groups in total. The summed E-state index contributed by atoms with van der Waals surface area (Å²) in [6.07, 6.45) is 3.34. The van der Waals surface area contributed by atoms with E-state index in [4.69, 9.17) is 5.73 Å². The van der Waals surface area contributed by atoms with Crippen molar-refractivity contribution in [1.82, 2.24) is 14.3 Å². The molecule has 0 saturated carbocycles. The topological polar surface area (TPSA) is 64.7 Å². The Kier molecular flexibility index (Phi) is 3.87. The highest BCUT2D eigenvalue weighted by Gasteiger charge is 2.20. The molecule has 2 rings (SSSR count). The van der Waals surface area contributed by atoms with E-state index in [0.717, 1.165) is 10.0 Å². The van der Waals surface area contributed by atoms with Gasteiger partial charge < -0.3 is 5.73 Å². The maximum absolute atomic E-state index is 5.98. The number of aromatic nitrogens is 3. The molecule has 4 nitrogen and oxygen atoms in total. The predicted molar refractivity (Wildman–Crippen MR) is 66.4 cm³/mol. The molecule has 6 heteroatoms. The van der Waals surface area contributed by atoms with Gasteiger partial charge in [-0.3, -0.25) is 4.98 Å². The summed E-state index contributed by atoms with van der Waals surface area (Å²) in [7, 11) is 0. The lowest BCUT2D eigenvalue weighted by molar-refractivity contribution is 0.705. The third kappa shape index (κ3) is 2.78. The third-order valence-electron chi connectivity index (χ3n) is 2.03. The molecule has 2 atom stereocenters. The van der Waals surface area contributed by atoms with Crippen molar-refractivity contribution < 1.29 is 0 Å². The Morgan fingerprint density at radius 3 is 2.81 bits per heavy atom. The van der Waals surface area contributed by atoms with Crippen molar-refractivity contribution in [3.63, 3.8) is 0 Å². The molecule has 0 amide bonds. The summed E-state index contributed by atoms with van der Waals surface area (Å²) in [6.45, 7) is 1.98. The lowest BCUT2D eigenvalue weighted by atomic mass is 10.2. The Morgan fingerprint density at radius 1 is 1.38 bits per heavy atom. The maximum atomic E-state index is 5.98. The van der Waals surface area contributed by atoms with Gasteiger partial charge in [-0.15, -0.1) is 0 Å². The van der Waals surface area contributed by atoms with Crippen molar-refractivity contribution in [3.05, 3.63) is 36.4 Å². The van der Waals surface area contributed by atoms with E-state index in [9.17, 15) is 0 Å². The van der Waals surface area contributed by atoms with Gasteiger partial charge in [-0.1, -0.05) is 17.8 Å². The highest BCUT2D eigenvalue weighted by Crippen LogP contribution is 2.36. The van der Waals surface area contributed by atoms with Gasteiger partial charge in [0.25, 0.3) is 0 Å². The van der Waals surface area contributed by atoms with Crippen molar-refractivity contribution in [1.29, 1.82) is 0 Å². The SMILES string of the molecule is CC(N)C(Sc1ncns1)c1ccccn1. The molecule has 16 heavy (non-hydrogen) atoms. The van der Waals surface area contributed by atoms with Crippen molar-refractivity contribution in [3.8, 4) is 0 Å². The fourth-order valence-electron chi connectivity index (χ4n) is 1.30. The van der Waals surface area contributed by atoms with E-state index in [2.05, 4.69) is 14.3 Å². The zero-order valence-electron chi connectivity index (χ0n) is 8.78. The average molecular weight is 252 g/mol. The molecule has 0 aliphatic heterocycles. The zero-order chi connectivity index (χ0) is 11.4. The Hall–Kier alpha value is -0.980. The molecule has 0 radical (unpaired) electrons. The minimum atomic E-state index is 0.0174. The first kappa shape index (κ1) is 11.5. The van der Waals surface area contributed by atoms with Crippen LogP contribution in [0, 0.1) is 0 Å². The van der Waals surface area contributed by atoms with Gasteiger partial charge >= 0.3 is 0 Å². The van der Waals surface area contributed by atoms with Gasteiger partial charge in [-0.2, -0.15) is 4.37 Å². The van der Waals surface area contributed by atoms with Gasteiger partial charge in [0.2, 0.25) is 0 Å². The van der Waals surface area contributed by atoms with E-state index < -0.39 is 0 Å². The molecule has 0 aromatic carbocycles. The molecule has 2 heterocycles. The summed E-state index contributed by atoms with van der Waals surface area (Å²) in [5, 5.41) is 0.120. The standard InChI is InChI=1S/C10H12N4S2/c1-7(11)9(8-4-2-3-5-12-8)15-10-13-6-14-16-10/h2-7,9H,11H2,1H3. The van der Waals surface area contributed by atoms with Crippen molar-refractivity contribution in [2.24, 2.45) is 5.73 Å². The minimum Gasteiger partial charge on any atom is -0.327 e. The number of nitrogens with two attached hydrogens (primary N) is 1.